The molecule has 3 aromatic rings. The minimum atomic E-state index is -0.119. The molecule has 0 aliphatic heterocycles. The number of halogens is 1. The van der Waals surface area contributed by atoms with E-state index in [4.69, 9.17) is 11.6 Å². The van der Waals surface area contributed by atoms with Crippen LogP contribution in [0, 0.1) is 0 Å². The zero-order valence-electron chi connectivity index (χ0n) is 12.8. The number of fused-ring (bicyclic) bond motifs is 1. The Morgan fingerprint density at radius 2 is 1.96 bits per heavy atom. The quantitative estimate of drug-likeness (QED) is 0.545. The van der Waals surface area contributed by atoms with Gasteiger partial charge in [0.25, 0.3) is 0 Å². The summed E-state index contributed by atoms with van der Waals surface area (Å²) < 4.78 is 1.47. The van der Waals surface area contributed by atoms with Crippen LogP contribution in [0.3, 0.4) is 0 Å². The third-order valence-corrected chi connectivity index (χ3v) is 3.56. The number of hydrogen-bond acceptors (Lipinski definition) is 4. The second kappa shape index (κ2) is 6.22. The first-order chi connectivity index (χ1) is 11.1. The molecule has 1 aromatic carbocycles. The lowest BCUT2D eigenvalue weighted by Gasteiger charge is -2.03. The first kappa shape index (κ1) is 15.2. The maximum atomic E-state index is 12.7. The van der Waals surface area contributed by atoms with Gasteiger partial charge in [0.1, 0.15) is 5.69 Å². The van der Waals surface area contributed by atoms with E-state index >= 15 is 0 Å². The van der Waals surface area contributed by atoms with Crippen LogP contribution in [0.1, 0.15) is 10.4 Å². The molecule has 3 rings (SSSR count). The van der Waals surface area contributed by atoms with Crippen LogP contribution in [0.15, 0.2) is 54.9 Å². The lowest BCUT2D eigenvalue weighted by atomic mass is 10.0. The van der Waals surface area contributed by atoms with E-state index in [1.54, 1.807) is 30.6 Å². The molecule has 0 fully saturated rings. The number of allylic oxidation sites excluding steroid dienone is 1. The van der Waals surface area contributed by atoms with Crippen LogP contribution in [-0.4, -0.2) is 39.6 Å². The molecule has 0 aliphatic carbocycles. The van der Waals surface area contributed by atoms with Crippen LogP contribution in [0.4, 0.5) is 0 Å². The van der Waals surface area contributed by atoms with E-state index in [2.05, 4.69) is 10.2 Å². The van der Waals surface area contributed by atoms with Gasteiger partial charge in [-0.1, -0.05) is 23.7 Å². The predicted octanol–water partition coefficient (Wildman–Crippen LogP) is 3.31. The molecule has 0 saturated heterocycles. The van der Waals surface area contributed by atoms with Crippen molar-refractivity contribution >= 4 is 22.9 Å². The summed E-state index contributed by atoms with van der Waals surface area (Å²) in [7, 11) is 3.73. The average Bonchev–Trinajstić information content (AvgIpc) is 2.92. The summed E-state index contributed by atoms with van der Waals surface area (Å²) in [5.41, 5.74) is 2.61. The molecular formula is C17H15ClN4O. The molecule has 23 heavy (non-hydrogen) atoms. The molecule has 6 heteroatoms. The molecule has 0 unspecified atom stereocenters. The van der Waals surface area contributed by atoms with Crippen molar-refractivity contribution in [3.63, 3.8) is 0 Å². The van der Waals surface area contributed by atoms with E-state index < -0.39 is 0 Å². The van der Waals surface area contributed by atoms with E-state index in [1.807, 2.05) is 37.2 Å². The number of aromatic nitrogens is 3. The molecule has 2 heterocycles. The number of nitrogens with zero attached hydrogens (tertiary/aromatic N) is 4. The zero-order chi connectivity index (χ0) is 16.4. The van der Waals surface area contributed by atoms with Crippen molar-refractivity contribution in [3.8, 4) is 11.3 Å². The summed E-state index contributed by atoms with van der Waals surface area (Å²) in [5.74, 6) is -0.119. The van der Waals surface area contributed by atoms with Gasteiger partial charge in [-0.3, -0.25) is 4.79 Å². The summed E-state index contributed by atoms with van der Waals surface area (Å²) in [6, 6.07) is 10.9. The van der Waals surface area contributed by atoms with Crippen LogP contribution in [0.25, 0.3) is 16.8 Å². The van der Waals surface area contributed by atoms with Gasteiger partial charge in [0.05, 0.1) is 11.1 Å². The fourth-order valence-corrected chi connectivity index (χ4v) is 2.37. The van der Waals surface area contributed by atoms with Crippen molar-refractivity contribution in [1.29, 1.82) is 0 Å². The topological polar surface area (TPSA) is 50.5 Å². The molecule has 0 N–H and O–H groups in total. The lowest BCUT2D eigenvalue weighted by Crippen LogP contribution is -2.03. The van der Waals surface area contributed by atoms with Crippen molar-refractivity contribution in [3.05, 3.63) is 65.5 Å². The number of carbonyl (C=O) groups excluding carboxylic acids is 1. The van der Waals surface area contributed by atoms with Crippen molar-refractivity contribution in [2.24, 2.45) is 0 Å². The number of rotatable bonds is 4. The Kier molecular flexibility index (Phi) is 4.12. The van der Waals surface area contributed by atoms with Crippen molar-refractivity contribution < 1.29 is 4.79 Å². The monoisotopic (exact) mass is 326 g/mol. The Balaban J connectivity index is 2.19. The number of hydrogen-bond donors (Lipinski definition) is 0. The summed E-state index contributed by atoms with van der Waals surface area (Å²) >= 11 is 5.94. The SMILES string of the molecule is CN(C)C=CC(=O)c1c(-c2ccc(Cl)cc2)nn2ncccc12. The van der Waals surface area contributed by atoms with Gasteiger partial charge >= 0.3 is 0 Å². The third-order valence-electron chi connectivity index (χ3n) is 3.31. The van der Waals surface area contributed by atoms with E-state index in [1.165, 1.54) is 10.7 Å². The maximum Gasteiger partial charge on any atom is 0.191 e. The van der Waals surface area contributed by atoms with Crippen molar-refractivity contribution in [2.45, 2.75) is 0 Å². The van der Waals surface area contributed by atoms with Gasteiger partial charge in [0, 0.05) is 43.2 Å². The number of benzene rings is 1. The summed E-state index contributed by atoms with van der Waals surface area (Å²) in [6.07, 6.45) is 4.88. The molecule has 2 aromatic heterocycles. The normalized spacial score (nSPS) is 11.3. The second-order valence-electron chi connectivity index (χ2n) is 5.27. The van der Waals surface area contributed by atoms with Gasteiger partial charge in [0.15, 0.2) is 5.78 Å². The Bertz CT molecular complexity index is 881. The Labute approximate surface area is 138 Å². The van der Waals surface area contributed by atoms with Crippen molar-refractivity contribution in [1.82, 2.24) is 19.7 Å². The van der Waals surface area contributed by atoms with Gasteiger partial charge < -0.3 is 4.90 Å². The molecular weight excluding hydrogens is 312 g/mol. The fourth-order valence-electron chi connectivity index (χ4n) is 2.25. The van der Waals surface area contributed by atoms with Crippen LogP contribution >= 0.6 is 11.6 Å². The molecule has 0 saturated carbocycles. The molecule has 5 nitrogen and oxygen atoms in total. The molecule has 0 bridgehead atoms. The minimum absolute atomic E-state index is 0.119. The third kappa shape index (κ3) is 3.10. The van der Waals surface area contributed by atoms with Gasteiger partial charge in [-0.15, -0.1) is 5.10 Å². The van der Waals surface area contributed by atoms with Crippen LogP contribution in [0.5, 0.6) is 0 Å². The van der Waals surface area contributed by atoms with Gasteiger partial charge in [-0.2, -0.15) is 9.73 Å². The van der Waals surface area contributed by atoms with E-state index in [-0.39, 0.29) is 5.78 Å². The predicted molar refractivity (Wildman–Crippen MR) is 90.6 cm³/mol. The van der Waals surface area contributed by atoms with E-state index in [0.717, 1.165) is 5.56 Å². The fraction of sp³-hybridized carbons (Fsp3) is 0.118. The van der Waals surface area contributed by atoms with Gasteiger partial charge in [-0.05, 0) is 24.3 Å². The highest BCUT2D eigenvalue weighted by Gasteiger charge is 2.19. The second-order valence-corrected chi connectivity index (χ2v) is 5.71. The summed E-state index contributed by atoms with van der Waals surface area (Å²) in [5, 5.41) is 9.27. The van der Waals surface area contributed by atoms with Gasteiger partial charge in [-0.25, -0.2) is 0 Å². The molecule has 0 spiro atoms. The number of carbonyl (C=O) groups is 1. The largest absolute Gasteiger partial charge is 0.383 e. The highest BCUT2D eigenvalue weighted by atomic mass is 35.5. The summed E-state index contributed by atoms with van der Waals surface area (Å²) in [6.45, 7) is 0. The molecule has 0 radical (unpaired) electrons. The first-order valence-electron chi connectivity index (χ1n) is 7.05. The van der Waals surface area contributed by atoms with E-state index in [0.29, 0.717) is 21.8 Å². The van der Waals surface area contributed by atoms with Crippen molar-refractivity contribution in [2.75, 3.05) is 14.1 Å². The van der Waals surface area contributed by atoms with Gasteiger partial charge in [0.2, 0.25) is 0 Å². The lowest BCUT2D eigenvalue weighted by molar-refractivity contribution is 0.104. The maximum absolute atomic E-state index is 12.7. The Morgan fingerprint density at radius 3 is 2.65 bits per heavy atom. The molecule has 0 aliphatic rings. The average molecular weight is 327 g/mol. The standard InChI is InChI=1S/C17H15ClN4O/c1-21(2)11-9-15(23)16-14-4-3-10-19-22(14)20-17(16)12-5-7-13(18)8-6-12/h3-11H,1-2H3. The molecule has 0 amide bonds. The van der Waals surface area contributed by atoms with E-state index in [9.17, 15) is 4.79 Å². The minimum Gasteiger partial charge on any atom is -0.383 e. The zero-order valence-corrected chi connectivity index (χ0v) is 13.5. The summed E-state index contributed by atoms with van der Waals surface area (Å²) in [4.78, 5) is 14.5. The highest BCUT2D eigenvalue weighted by Crippen LogP contribution is 2.27. The smallest absolute Gasteiger partial charge is 0.191 e. The van der Waals surface area contributed by atoms with Crippen LogP contribution in [-0.2, 0) is 0 Å². The van der Waals surface area contributed by atoms with Crippen LogP contribution in [0.2, 0.25) is 5.02 Å². The highest BCUT2D eigenvalue weighted by molar-refractivity contribution is 6.30. The molecule has 0 atom stereocenters. The first-order valence-corrected chi connectivity index (χ1v) is 7.43. The Hall–Kier alpha value is -2.66. The Morgan fingerprint density at radius 1 is 1.22 bits per heavy atom. The van der Waals surface area contributed by atoms with Crippen LogP contribution < -0.4 is 0 Å². The molecule has 116 valence electrons. The number of ketones is 1.